The fourth-order valence-electron chi connectivity index (χ4n) is 3.26. The second kappa shape index (κ2) is 5.94. The van der Waals surface area contributed by atoms with E-state index in [0.717, 1.165) is 19.4 Å². The molecule has 2 nitrogen and oxygen atoms in total. The molecule has 0 aromatic heterocycles. The minimum atomic E-state index is -0.0517. The second-order valence-corrected chi connectivity index (χ2v) is 6.03. The fourth-order valence-corrected chi connectivity index (χ4v) is 3.26. The Morgan fingerprint density at radius 3 is 2.45 bits per heavy atom. The van der Waals surface area contributed by atoms with E-state index in [2.05, 4.69) is 47.8 Å². The molecule has 2 aromatic rings. The van der Waals surface area contributed by atoms with E-state index in [9.17, 15) is 5.11 Å². The van der Waals surface area contributed by atoms with Gasteiger partial charge in [-0.2, -0.15) is 0 Å². The molecule has 20 heavy (non-hydrogen) atoms. The van der Waals surface area contributed by atoms with Gasteiger partial charge in [0.15, 0.2) is 0 Å². The van der Waals surface area contributed by atoms with Crippen LogP contribution in [0.3, 0.4) is 0 Å². The predicted molar refractivity (Wildman–Crippen MR) is 83.7 cm³/mol. The van der Waals surface area contributed by atoms with Gasteiger partial charge in [0.05, 0.1) is 6.61 Å². The first kappa shape index (κ1) is 13.6. The Labute approximate surface area is 120 Å². The summed E-state index contributed by atoms with van der Waals surface area (Å²) in [5.74, 6) is 0. The van der Waals surface area contributed by atoms with Gasteiger partial charge in [0.25, 0.3) is 0 Å². The van der Waals surface area contributed by atoms with Crippen LogP contribution in [0, 0.1) is 0 Å². The van der Waals surface area contributed by atoms with Gasteiger partial charge < -0.3 is 10.4 Å². The minimum Gasteiger partial charge on any atom is -0.394 e. The van der Waals surface area contributed by atoms with E-state index < -0.39 is 0 Å². The molecular weight excluding hydrogens is 246 g/mol. The van der Waals surface area contributed by atoms with Crippen molar-refractivity contribution < 1.29 is 5.11 Å². The summed E-state index contributed by atoms with van der Waals surface area (Å²) in [5.41, 5.74) is 1.24. The maximum atomic E-state index is 9.73. The van der Waals surface area contributed by atoms with E-state index >= 15 is 0 Å². The molecule has 0 bridgehead atoms. The first-order valence-electron chi connectivity index (χ1n) is 7.65. The summed E-state index contributed by atoms with van der Waals surface area (Å²) in [5, 5.41) is 15.9. The number of benzene rings is 2. The SMILES string of the molecule is OCC1(NCc2ccc3ccccc3c2)CCCCC1. The van der Waals surface area contributed by atoms with E-state index in [-0.39, 0.29) is 12.1 Å². The molecule has 0 saturated heterocycles. The molecular formula is C18H23NO. The molecule has 1 aliphatic carbocycles. The van der Waals surface area contributed by atoms with Crippen LogP contribution >= 0.6 is 0 Å². The Kier molecular flexibility index (Phi) is 4.04. The van der Waals surface area contributed by atoms with Gasteiger partial charge in [-0.3, -0.25) is 0 Å². The Balaban J connectivity index is 1.72. The lowest BCUT2D eigenvalue weighted by molar-refractivity contribution is 0.119. The van der Waals surface area contributed by atoms with Crippen LogP contribution in [0.25, 0.3) is 10.8 Å². The van der Waals surface area contributed by atoms with Crippen molar-refractivity contribution in [2.24, 2.45) is 0 Å². The highest BCUT2D eigenvalue weighted by Crippen LogP contribution is 2.28. The van der Waals surface area contributed by atoms with Crippen LogP contribution in [-0.2, 0) is 6.54 Å². The summed E-state index contributed by atoms with van der Waals surface area (Å²) in [7, 11) is 0. The van der Waals surface area contributed by atoms with Crippen molar-refractivity contribution in [3.8, 4) is 0 Å². The number of aliphatic hydroxyl groups is 1. The zero-order valence-electron chi connectivity index (χ0n) is 11.9. The van der Waals surface area contributed by atoms with Gasteiger partial charge in [-0.1, -0.05) is 55.7 Å². The van der Waals surface area contributed by atoms with Crippen molar-refractivity contribution >= 4 is 10.8 Å². The van der Waals surface area contributed by atoms with E-state index in [1.807, 2.05) is 0 Å². The first-order valence-corrected chi connectivity index (χ1v) is 7.65. The van der Waals surface area contributed by atoms with Gasteiger partial charge in [0.1, 0.15) is 0 Å². The van der Waals surface area contributed by atoms with E-state index in [4.69, 9.17) is 0 Å². The van der Waals surface area contributed by atoms with E-state index in [1.54, 1.807) is 0 Å². The van der Waals surface area contributed by atoms with Crippen molar-refractivity contribution in [3.63, 3.8) is 0 Å². The summed E-state index contributed by atoms with van der Waals surface area (Å²) in [6.07, 6.45) is 5.95. The van der Waals surface area contributed by atoms with Crippen molar-refractivity contribution in [1.29, 1.82) is 0 Å². The van der Waals surface area contributed by atoms with E-state index in [0.29, 0.717) is 0 Å². The van der Waals surface area contributed by atoms with Gasteiger partial charge in [-0.15, -0.1) is 0 Å². The number of nitrogens with one attached hydrogen (secondary N) is 1. The molecule has 2 N–H and O–H groups in total. The largest absolute Gasteiger partial charge is 0.394 e. The fraction of sp³-hybridized carbons (Fsp3) is 0.444. The molecule has 0 aliphatic heterocycles. The third-order valence-corrected chi connectivity index (χ3v) is 4.59. The Bertz CT molecular complexity index is 572. The van der Waals surface area contributed by atoms with Crippen molar-refractivity contribution in [3.05, 3.63) is 48.0 Å². The van der Waals surface area contributed by atoms with Gasteiger partial charge in [-0.05, 0) is 35.2 Å². The zero-order chi connectivity index (χ0) is 13.8. The highest BCUT2D eigenvalue weighted by atomic mass is 16.3. The van der Waals surface area contributed by atoms with Crippen LogP contribution in [0.2, 0.25) is 0 Å². The molecule has 1 saturated carbocycles. The summed E-state index contributed by atoms with van der Waals surface area (Å²) in [4.78, 5) is 0. The Hall–Kier alpha value is -1.38. The van der Waals surface area contributed by atoms with Crippen molar-refractivity contribution in [2.45, 2.75) is 44.2 Å². The van der Waals surface area contributed by atoms with Crippen LogP contribution in [0.15, 0.2) is 42.5 Å². The normalized spacial score (nSPS) is 18.2. The molecule has 2 heteroatoms. The Morgan fingerprint density at radius 2 is 1.70 bits per heavy atom. The monoisotopic (exact) mass is 269 g/mol. The standard InChI is InChI=1S/C18H23NO/c20-14-18(10-4-1-5-11-18)19-13-15-8-9-16-6-2-3-7-17(16)12-15/h2-3,6-9,12,19-20H,1,4-5,10-11,13-14H2. The van der Waals surface area contributed by atoms with Crippen LogP contribution in [-0.4, -0.2) is 17.3 Å². The van der Waals surface area contributed by atoms with Gasteiger partial charge in [-0.25, -0.2) is 0 Å². The maximum absolute atomic E-state index is 9.73. The average Bonchev–Trinajstić information content (AvgIpc) is 2.54. The number of fused-ring (bicyclic) bond motifs is 1. The van der Waals surface area contributed by atoms with E-state index in [1.165, 1.54) is 35.6 Å². The average molecular weight is 269 g/mol. The lowest BCUT2D eigenvalue weighted by Crippen LogP contribution is -2.49. The highest BCUT2D eigenvalue weighted by Gasteiger charge is 2.30. The number of hydrogen-bond donors (Lipinski definition) is 2. The molecule has 0 heterocycles. The third kappa shape index (κ3) is 2.87. The van der Waals surface area contributed by atoms with Gasteiger partial charge >= 0.3 is 0 Å². The second-order valence-electron chi connectivity index (χ2n) is 6.03. The molecule has 1 aliphatic rings. The molecule has 1 fully saturated rings. The number of aliphatic hydroxyl groups excluding tert-OH is 1. The number of hydrogen-bond acceptors (Lipinski definition) is 2. The molecule has 106 valence electrons. The zero-order valence-corrected chi connectivity index (χ0v) is 11.9. The Morgan fingerprint density at radius 1 is 0.950 bits per heavy atom. The topological polar surface area (TPSA) is 32.3 Å². The summed E-state index contributed by atoms with van der Waals surface area (Å²) in [6, 6.07) is 15.1. The highest BCUT2D eigenvalue weighted by molar-refractivity contribution is 5.82. The first-order chi connectivity index (χ1) is 9.81. The molecule has 2 aromatic carbocycles. The molecule has 0 radical (unpaired) electrons. The van der Waals surface area contributed by atoms with Crippen LogP contribution < -0.4 is 5.32 Å². The van der Waals surface area contributed by atoms with Crippen LogP contribution in [0.5, 0.6) is 0 Å². The summed E-state index contributed by atoms with van der Waals surface area (Å²) in [6.45, 7) is 1.09. The molecule has 0 amide bonds. The lowest BCUT2D eigenvalue weighted by atomic mass is 9.82. The lowest BCUT2D eigenvalue weighted by Gasteiger charge is -2.36. The molecule has 0 unspecified atom stereocenters. The van der Waals surface area contributed by atoms with Crippen molar-refractivity contribution in [1.82, 2.24) is 5.32 Å². The minimum absolute atomic E-state index is 0.0517. The number of rotatable bonds is 4. The summed E-state index contributed by atoms with van der Waals surface area (Å²) < 4.78 is 0. The van der Waals surface area contributed by atoms with Gasteiger partial charge in [0, 0.05) is 12.1 Å². The van der Waals surface area contributed by atoms with Crippen molar-refractivity contribution in [2.75, 3.05) is 6.61 Å². The quantitative estimate of drug-likeness (QED) is 0.888. The predicted octanol–water partition coefficient (Wildman–Crippen LogP) is 3.62. The third-order valence-electron chi connectivity index (χ3n) is 4.59. The maximum Gasteiger partial charge on any atom is 0.0613 e. The smallest absolute Gasteiger partial charge is 0.0613 e. The molecule has 0 atom stereocenters. The van der Waals surface area contributed by atoms with Crippen LogP contribution in [0.4, 0.5) is 0 Å². The summed E-state index contributed by atoms with van der Waals surface area (Å²) >= 11 is 0. The van der Waals surface area contributed by atoms with Crippen LogP contribution in [0.1, 0.15) is 37.7 Å². The molecule has 3 rings (SSSR count). The van der Waals surface area contributed by atoms with Gasteiger partial charge in [0.2, 0.25) is 0 Å². The molecule has 0 spiro atoms.